The third kappa shape index (κ3) is 4.60. The normalized spacial score (nSPS) is 13.0. The highest BCUT2D eigenvalue weighted by atomic mass is 16.5. The SMILES string of the molecule is CCOc1c(/C=C\CO)cc(C(C)(C)C)cc1C(C)(C)C. The number of rotatable bonds is 4. The molecule has 0 aliphatic rings. The van der Waals surface area contributed by atoms with Crippen LogP contribution in [0, 0.1) is 0 Å². The molecule has 0 saturated carbocycles. The molecule has 0 atom stereocenters. The Labute approximate surface area is 129 Å². The van der Waals surface area contributed by atoms with Crippen LogP contribution in [0.1, 0.15) is 65.2 Å². The molecular formula is C19H30O2. The highest BCUT2D eigenvalue weighted by Crippen LogP contribution is 2.39. The summed E-state index contributed by atoms with van der Waals surface area (Å²) in [6.45, 7) is 15.9. The second kappa shape index (κ2) is 6.65. The molecule has 1 rings (SSSR count). The van der Waals surface area contributed by atoms with Gasteiger partial charge in [-0.05, 0) is 29.4 Å². The fourth-order valence-corrected chi connectivity index (χ4v) is 2.25. The van der Waals surface area contributed by atoms with Crippen LogP contribution < -0.4 is 4.74 Å². The molecule has 0 saturated heterocycles. The van der Waals surface area contributed by atoms with Gasteiger partial charge in [0, 0.05) is 11.1 Å². The Morgan fingerprint density at radius 1 is 1.05 bits per heavy atom. The van der Waals surface area contributed by atoms with Crippen molar-refractivity contribution in [3.63, 3.8) is 0 Å². The molecule has 0 bridgehead atoms. The van der Waals surface area contributed by atoms with Crippen molar-refractivity contribution in [1.29, 1.82) is 0 Å². The summed E-state index contributed by atoms with van der Waals surface area (Å²) in [5, 5.41) is 9.08. The summed E-state index contributed by atoms with van der Waals surface area (Å²) in [5.41, 5.74) is 3.63. The lowest BCUT2D eigenvalue weighted by molar-refractivity contribution is 0.328. The third-order valence-corrected chi connectivity index (χ3v) is 3.48. The molecule has 2 heteroatoms. The lowest BCUT2D eigenvalue weighted by Gasteiger charge is -2.28. The molecule has 1 aromatic carbocycles. The molecule has 1 aromatic rings. The molecule has 0 aliphatic carbocycles. The van der Waals surface area contributed by atoms with E-state index in [1.165, 1.54) is 11.1 Å². The average molecular weight is 290 g/mol. The van der Waals surface area contributed by atoms with Gasteiger partial charge in [0.15, 0.2) is 0 Å². The van der Waals surface area contributed by atoms with Gasteiger partial charge in [-0.3, -0.25) is 0 Å². The Hall–Kier alpha value is -1.28. The van der Waals surface area contributed by atoms with E-state index in [1.807, 2.05) is 13.0 Å². The molecule has 2 nitrogen and oxygen atoms in total. The van der Waals surface area contributed by atoms with Crippen molar-refractivity contribution in [2.24, 2.45) is 0 Å². The van der Waals surface area contributed by atoms with Crippen molar-refractivity contribution < 1.29 is 9.84 Å². The first-order chi connectivity index (χ1) is 9.61. The number of ether oxygens (including phenoxy) is 1. The Bertz CT molecular complexity index is 500. The minimum atomic E-state index is 0.00751. The molecule has 0 radical (unpaired) electrons. The second-order valence-electron chi connectivity index (χ2n) is 7.46. The van der Waals surface area contributed by atoms with Crippen LogP contribution in [-0.4, -0.2) is 18.3 Å². The fraction of sp³-hybridized carbons (Fsp3) is 0.579. The molecule has 0 spiro atoms. The van der Waals surface area contributed by atoms with Gasteiger partial charge in [-0.1, -0.05) is 59.8 Å². The van der Waals surface area contributed by atoms with Gasteiger partial charge in [-0.15, -0.1) is 0 Å². The van der Waals surface area contributed by atoms with Crippen LogP contribution in [0.5, 0.6) is 5.75 Å². The average Bonchev–Trinajstić information content (AvgIpc) is 2.34. The second-order valence-corrected chi connectivity index (χ2v) is 7.46. The quantitative estimate of drug-likeness (QED) is 0.872. The standard InChI is InChI=1S/C19H30O2/c1-8-21-17-14(10-9-11-20)12-15(18(2,3)4)13-16(17)19(5,6)7/h9-10,12-13,20H,8,11H2,1-7H3/b10-9-. The van der Waals surface area contributed by atoms with Gasteiger partial charge in [0.05, 0.1) is 13.2 Å². The molecule has 0 aromatic heterocycles. The van der Waals surface area contributed by atoms with Crippen molar-refractivity contribution in [2.75, 3.05) is 13.2 Å². The third-order valence-electron chi connectivity index (χ3n) is 3.48. The minimum Gasteiger partial charge on any atom is -0.493 e. The molecule has 0 unspecified atom stereocenters. The van der Waals surface area contributed by atoms with Crippen LogP contribution in [0.25, 0.3) is 6.08 Å². The molecule has 0 amide bonds. The van der Waals surface area contributed by atoms with E-state index in [0.29, 0.717) is 6.61 Å². The lowest BCUT2D eigenvalue weighted by atomic mass is 9.79. The van der Waals surface area contributed by atoms with Crippen LogP contribution in [0.4, 0.5) is 0 Å². The van der Waals surface area contributed by atoms with Crippen molar-refractivity contribution in [3.05, 3.63) is 34.9 Å². The fourth-order valence-electron chi connectivity index (χ4n) is 2.25. The highest BCUT2D eigenvalue weighted by molar-refractivity contribution is 5.63. The summed E-state index contributed by atoms with van der Waals surface area (Å²) in [6.07, 6.45) is 3.71. The minimum absolute atomic E-state index is 0.00751. The summed E-state index contributed by atoms with van der Waals surface area (Å²) in [7, 11) is 0. The number of hydrogen-bond acceptors (Lipinski definition) is 2. The monoisotopic (exact) mass is 290 g/mol. The first kappa shape index (κ1) is 17.8. The predicted molar refractivity (Wildman–Crippen MR) is 91.1 cm³/mol. The zero-order chi connectivity index (χ0) is 16.3. The molecule has 118 valence electrons. The van der Waals surface area contributed by atoms with Gasteiger partial charge in [-0.25, -0.2) is 0 Å². The van der Waals surface area contributed by atoms with E-state index < -0.39 is 0 Å². The van der Waals surface area contributed by atoms with Gasteiger partial charge in [0.25, 0.3) is 0 Å². The van der Waals surface area contributed by atoms with Gasteiger partial charge >= 0.3 is 0 Å². The van der Waals surface area contributed by atoms with E-state index in [4.69, 9.17) is 9.84 Å². The van der Waals surface area contributed by atoms with Crippen LogP contribution in [0.2, 0.25) is 0 Å². The summed E-state index contributed by atoms with van der Waals surface area (Å²) in [4.78, 5) is 0. The Balaban J connectivity index is 3.61. The van der Waals surface area contributed by atoms with Crippen LogP contribution >= 0.6 is 0 Å². The van der Waals surface area contributed by atoms with Gasteiger partial charge in [-0.2, -0.15) is 0 Å². The van der Waals surface area contributed by atoms with Gasteiger partial charge in [0.2, 0.25) is 0 Å². The van der Waals surface area contributed by atoms with E-state index in [2.05, 4.69) is 53.7 Å². The van der Waals surface area contributed by atoms with Crippen molar-refractivity contribution in [3.8, 4) is 5.75 Å². The smallest absolute Gasteiger partial charge is 0.130 e. The highest BCUT2D eigenvalue weighted by Gasteiger charge is 2.25. The molecule has 0 fully saturated rings. The summed E-state index contributed by atoms with van der Waals surface area (Å²) < 4.78 is 5.93. The maximum absolute atomic E-state index is 9.08. The molecule has 1 N–H and O–H groups in total. The van der Waals surface area contributed by atoms with E-state index in [9.17, 15) is 0 Å². The van der Waals surface area contributed by atoms with E-state index >= 15 is 0 Å². The van der Waals surface area contributed by atoms with E-state index in [0.717, 1.165) is 11.3 Å². The van der Waals surface area contributed by atoms with Crippen LogP contribution in [0.15, 0.2) is 18.2 Å². The lowest BCUT2D eigenvalue weighted by Crippen LogP contribution is -2.18. The molecule has 0 aliphatic heterocycles. The number of hydrogen-bond donors (Lipinski definition) is 1. The first-order valence-electron chi connectivity index (χ1n) is 7.70. The number of benzene rings is 1. The molecule has 21 heavy (non-hydrogen) atoms. The Morgan fingerprint density at radius 2 is 1.67 bits per heavy atom. The summed E-state index contributed by atoms with van der Waals surface area (Å²) >= 11 is 0. The summed E-state index contributed by atoms with van der Waals surface area (Å²) in [6, 6.07) is 4.44. The topological polar surface area (TPSA) is 29.5 Å². The number of aliphatic hydroxyl groups is 1. The van der Waals surface area contributed by atoms with Crippen molar-refractivity contribution in [1.82, 2.24) is 0 Å². The maximum Gasteiger partial charge on any atom is 0.130 e. The van der Waals surface area contributed by atoms with E-state index in [-0.39, 0.29) is 17.4 Å². The Morgan fingerprint density at radius 3 is 2.10 bits per heavy atom. The van der Waals surface area contributed by atoms with Crippen LogP contribution in [0.3, 0.4) is 0 Å². The van der Waals surface area contributed by atoms with E-state index in [1.54, 1.807) is 6.08 Å². The first-order valence-corrected chi connectivity index (χ1v) is 7.70. The molecule has 0 heterocycles. The Kier molecular flexibility index (Phi) is 5.63. The molecular weight excluding hydrogens is 260 g/mol. The van der Waals surface area contributed by atoms with Crippen molar-refractivity contribution >= 4 is 6.08 Å². The van der Waals surface area contributed by atoms with Gasteiger partial charge < -0.3 is 9.84 Å². The maximum atomic E-state index is 9.08. The largest absolute Gasteiger partial charge is 0.493 e. The zero-order valence-corrected chi connectivity index (χ0v) is 14.6. The zero-order valence-electron chi connectivity index (χ0n) is 14.6. The summed E-state index contributed by atoms with van der Waals surface area (Å²) in [5.74, 6) is 0.933. The van der Waals surface area contributed by atoms with Crippen molar-refractivity contribution in [2.45, 2.75) is 59.3 Å². The van der Waals surface area contributed by atoms with Crippen LogP contribution in [-0.2, 0) is 10.8 Å². The van der Waals surface area contributed by atoms with Gasteiger partial charge in [0.1, 0.15) is 5.75 Å². The number of aliphatic hydroxyl groups excluding tert-OH is 1. The predicted octanol–water partition coefficient (Wildman–Crippen LogP) is 4.69.